The van der Waals surface area contributed by atoms with E-state index in [0.29, 0.717) is 0 Å². The Balaban J connectivity index is 1.90. The van der Waals surface area contributed by atoms with Crippen LogP contribution in [-0.2, 0) is 16.0 Å². The Hall–Kier alpha value is -2.17. The van der Waals surface area contributed by atoms with Crippen molar-refractivity contribution in [2.75, 3.05) is 20.3 Å². The number of nitrogens with one attached hydrogen (secondary N) is 1. The highest BCUT2D eigenvalue weighted by atomic mass is 16.5. The molecular weight excluding hydrogens is 290 g/mol. The number of hydrogen-bond acceptors (Lipinski definition) is 3. The highest BCUT2D eigenvalue weighted by molar-refractivity contribution is 5.79. The summed E-state index contributed by atoms with van der Waals surface area (Å²) in [5, 5.41) is 12.7. The summed E-state index contributed by atoms with van der Waals surface area (Å²) in [7, 11) is 1.52. The van der Waals surface area contributed by atoms with Gasteiger partial charge in [0, 0.05) is 13.7 Å². The molecule has 0 bridgehead atoms. The zero-order valence-electron chi connectivity index (χ0n) is 13.6. The predicted octanol–water partition coefficient (Wildman–Crippen LogP) is 2.41. The molecule has 1 atom stereocenters. The van der Waals surface area contributed by atoms with E-state index < -0.39 is 5.60 Å². The quantitative estimate of drug-likeness (QED) is 0.825. The minimum absolute atomic E-state index is 0.117. The second-order valence-corrected chi connectivity index (χ2v) is 5.95. The maximum atomic E-state index is 12.0. The molecule has 0 radical (unpaired) electrons. The molecule has 2 rings (SSSR count). The fourth-order valence-electron chi connectivity index (χ4n) is 2.34. The van der Waals surface area contributed by atoms with Crippen LogP contribution in [0.5, 0.6) is 0 Å². The van der Waals surface area contributed by atoms with Crippen LogP contribution in [0.3, 0.4) is 0 Å². The van der Waals surface area contributed by atoms with E-state index in [9.17, 15) is 9.90 Å². The Morgan fingerprint density at radius 3 is 2.30 bits per heavy atom. The molecule has 0 heterocycles. The third-order valence-electron chi connectivity index (χ3n) is 3.55. The average Bonchev–Trinajstić information content (AvgIpc) is 2.55. The molecule has 0 aliphatic rings. The van der Waals surface area contributed by atoms with Crippen molar-refractivity contribution in [1.29, 1.82) is 0 Å². The lowest BCUT2D eigenvalue weighted by atomic mass is 10.0. The van der Waals surface area contributed by atoms with Gasteiger partial charge in [0.15, 0.2) is 0 Å². The number of amides is 1. The van der Waals surface area contributed by atoms with Gasteiger partial charge in [0.2, 0.25) is 5.91 Å². The van der Waals surface area contributed by atoms with Gasteiger partial charge in [-0.1, -0.05) is 54.6 Å². The summed E-state index contributed by atoms with van der Waals surface area (Å²) in [6.45, 7) is 1.98. The minimum Gasteiger partial charge on any atom is -0.386 e. The van der Waals surface area contributed by atoms with Crippen LogP contribution in [0.2, 0.25) is 0 Å². The number of ether oxygens (including phenoxy) is 1. The summed E-state index contributed by atoms with van der Waals surface area (Å²) < 4.78 is 4.91. The van der Waals surface area contributed by atoms with Crippen molar-refractivity contribution in [2.24, 2.45) is 0 Å². The van der Waals surface area contributed by atoms with Crippen LogP contribution in [0, 0.1) is 0 Å². The molecule has 122 valence electrons. The van der Waals surface area contributed by atoms with Gasteiger partial charge in [-0.05, 0) is 23.6 Å². The minimum atomic E-state index is -1.05. The predicted molar refractivity (Wildman–Crippen MR) is 91.1 cm³/mol. The van der Waals surface area contributed by atoms with Crippen molar-refractivity contribution < 1.29 is 14.6 Å². The standard InChI is InChI=1S/C19H23NO3/c1-19(22,14-23-2)13-20-18(21)12-15-8-10-17(11-9-15)16-6-4-3-5-7-16/h3-11,22H,12-14H2,1-2H3,(H,20,21). The van der Waals surface area contributed by atoms with E-state index in [-0.39, 0.29) is 25.5 Å². The van der Waals surface area contributed by atoms with Crippen molar-refractivity contribution in [1.82, 2.24) is 5.32 Å². The van der Waals surface area contributed by atoms with Crippen LogP contribution in [0.4, 0.5) is 0 Å². The van der Waals surface area contributed by atoms with Crippen molar-refractivity contribution >= 4 is 5.91 Å². The van der Waals surface area contributed by atoms with E-state index in [2.05, 4.69) is 17.4 Å². The smallest absolute Gasteiger partial charge is 0.224 e. The zero-order valence-corrected chi connectivity index (χ0v) is 13.6. The fourth-order valence-corrected chi connectivity index (χ4v) is 2.34. The number of methoxy groups -OCH3 is 1. The van der Waals surface area contributed by atoms with Gasteiger partial charge < -0.3 is 15.2 Å². The Morgan fingerprint density at radius 2 is 1.70 bits per heavy atom. The molecule has 1 amide bonds. The van der Waals surface area contributed by atoms with Gasteiger partial charge in [0.25, 0.3) is 0 Å². The van der Waals surface area contributed by atoms with Crippen molar-refractivity contribution in [3.63, 3.8) is 0 Å². The van der Waals surface area contributed by atoms with Crippen LogP contribution in [-0.4, -0.2) is 36.9 Å². The normalized spacial score (nSPS) is 13.3. The van der Waals surface area contributed by atoms with Crippen LogP contribution in [0.25, 0.3) is 11.1 Å². The molecule has 0 saturated heterocycles. The number of hydrogen-bond donors (Lipinski definition) is 2. The molecule has 2 aromatic rings. The molecule has 4 heteroatoms. The Bertz CT molecular complexity index is 621. The van der Waals surface area contributed by atoms with Gasteiger partial charge in [0.1, 0.15) is 5.60 Å². The third kappa shape index (κ3) is 5.51. The molecule has 0 spiro atoms. The van der Waals surface area contributed by atoms with E-state index in [0.717, 1.165) is 16.7 Å². The SMILES string of the molecule is COCC(C)(O)CNC(=O)Cc1ccc(-c2ccccc2)cc1. The Labute approximate surface area is 137 Å². The van der Waals surface area contributed by atoms with Crippen LogP contribution in [0.15, 0.2) is 54.6 Å². The summed E-state index contributed by atoms with van der Waals surface area (Å²) in [4.78, 5) is 12.0. The second kappa shape index (κ2) is 7.90. The fraction of sp³-hybridized carbons (Fsp3) is 0.316. The molecule has 0 aromatic heterocycles. The number of aliphatic hydroxyl groups is 1. The highest BCUT2D eigenvalue weighted by Crippen LogP contribution is 2.19. The maximum absolute atomic E-state index is 12.0. The summed E-state index contributed by atoms with van der Waals surface area (Å²) in [6.07, 6.45) is 0.290. The van der Waals surface area contributed by atoms with Crippen molar-refractivity contribution in [3.8, 4) is 11.1 Å². The van der Waals surface area contributed by atoms with Gasteiger partial charge in [0.05, 0.1) is 13.0 Å². The largest absolute Gasteiger partial charge is 0.386 e. The molecule has 2 N–H and O–H groups in total. The van der Waals surface area contributed by atoms with E-state index in [4.69, 9.17) is 4.74 Å². The van der Waals surface area contributed by atoms with Crippen LogP contribution >= 0.6 is 0 Å². The summed E-state index contributed by atoms with van der Waals surface area (Å²) >= 11 is 0. The Morgan fingerprint density at radius 1 is 1.09 bits per heavy atom. The van der Waals surface area contributed by atoms with Gasteiger partial charge in [-0.3, -0.25) is 4.79 Å². The average molecular weight is 313 g/mol. The van der Waals surface area contributed by atoms with Gasteiger partial charge in [-0.15, -0.1) is 0 Å². The molecule has 0 fully saturated rings. The summed E-state index contributed by atoms with van der Waals surface area (Å²) in [5.41, 5.74) is 2.16. The molecule has 0 aliphatic carbocycles. The second-order valence-electron chi connectivity index (χ2n) is 5.95. The molecule has 1 unspecified atom stereocenters. The van der Waals surface area contributed by atoms with E-state index in [1.165, 1.54) is 7.11 Å². The van der Waals surface area contributed by atoms with E-state index in [1.807, 2.05) is 42.5 Å². The lowest BCUT2D eigenvalue weighted by Crippen LogP contribution is -2.44. The molecule has 0 aliphatic heterocycles. The van der Waals surface area contributed by atoms with E-state index >= 15 is 0 Å². The van der Waals surface area contributed by atoms with Crippen molar-refractivity contribution in [3.05, 3.63) is 60.2 Å². The van der Waals surface area contributed by atoms with Crippen LogP contribution in [0.1, 0.15) is 12.5 Å². The first kappa shape index (κ1) is 17.2. The van der Waals surface area contributed by atoms with Gasteiger partial charge >= 0.3 is 0 Å². The zero-order chi connectivity index (χ0) is 16.7. The maximum Gasteiger partial charge on any atom is 0.224 e. The third-order valence-corrected chi connectivity index (χ3v) is 3.55. The first-order chi connectivity index (χ1) is 11.0. The molecule has 2 aromatic carbocycles. The Kier molecular flexibility index (Phi) is 5.90. The number of carbonyl (C=O) groups excluding carboxylic acids is 1. The molecule has 0 saturated carbocycles. The van der Waals surface area contributed by atoms with Crippen molar-refractivity contribution in [2.45, 2.75) is 18.9 Å². The first-order valence-electron chi connectivity index (χ1n) is 7.62. The number of rotatable bonds is 7. The summed E-state index contributed by atoms with van der Waals surface area (Å²) in [5.74, 6) is -0.117. The first-order valence-corrected chi connectivity index (χ1v) is 7.62. The molecular formula is C19H23NO3. The topological polar surface area (TPSA) is 58.6 Å². The van der Waals surface area contributed by atoms with Crippen LogP contribution < -0.4 is 5.32 Å². The number of carbonyl (C=O) groups is 1. The molecule has 4 nitrogen and oxygen atoms in total. The monoisotopic (exact) mass is 313 g/mol. The lowest BCUT2D eigenvalue weighted by molar-refractivity contribution is -0.122. The highest BCUT2D eigenvalue weighted by Gasteiger charge is 2.20. The molecule has 23 heavy (non-hydrogen) atoms. The summed E-state index contributed by atoms with van der Waals surface area (Å²) in [6, 6.07) is 18.0. The lowest BCUT2D eigenvalue weighted by Gasteiger charge is -2.22. The van der Waals surface area contributed by atoms with E-state index in [1.54, 1.807) is 6.92 Å². The van der Waals surface area contributed by atoms with Gasteiger partial charge in [-0.2, -0.15) is 0 Å². The van der Waals surface area contributed by atoms with Gasteiger partial charge in [-0.25, -0.2) is 0 Å². The number of benzene rings is 2.